The Kier molecular flexibility index (Phi) is 4.63. The standard InChI is InChI=1S/C11H18ClN3O3S/c1-5-11(3,4)14-10(16)8(2)15-7-9(6-13-15)19(12,17)18/h6-8H,5H2,1-4H3,(H,14,16). The van der Waals surface area contributed by atoms with E-state index >= 15 is 0 Å². The van der Waals surface area contributed by atoms with Gasteiger partial charge in [-0.15, -0.1) is 0 Å². The molecule has 0 spiro atoms. The Bertz CT molecular complexity index is 565. The highest BCUT2D eigenvalue weighted by atomic mass is 35.7. The number of halogens is 1. The molecule has 1 atom stereocenters. The van der Waals surface area contributed by atoms with E-state index in [0.29, 0.717) is 0 Å². The van der Waals surface area contributed by atoms with E-state index in [0.717, 1.165) is 12.6 Å². The summed E-state index contributed by atoms with van der Waals surface area (Å²) in [5.41, 5.74) is -0.320. The third kappa shape index (κ3) is 4.21. The van der Waals surface area contributed by atoms with Crippen molar-refractivity contribution in [3.05, 3.63) is 12.4 Å². The first kappa shape index (κ1) is 16.0. The normalized spacial score (nSPS) is 14.2. The summed E-state index contributed by atoms with van der Waals surface area (Å²) >= 11 is 0. The molecule has 6 nitrogen and oxygen atoms in total. The first-order valence-electron chi connectivity index (χ1n) is 5.87. The monoisotopic (exact) mass is 307 g/mol. The third-order valence-electron chi connectivity index (χ3n) is 2.98. The van der Waals surface area contributed by atoms with Crippen molar-refractivity contribution in [2.45, 2.75) is 50.6 Å². The topological polar surface area (TPSA) is 81.1 Å². The van der Waals surface area contributed by atoms with E-state index in [1.807, 2.05) is 20.8 Å². The van der Waals surface area contributed by atoms with Crippen LogP contribution in [0.5, 0.6) is 0 Å². The Labute approximate surface area is 117 Å². The molecule has 0 aliphatic carbocycles. The summed E-state index contributed by atoms with van der Waals surface area (Å²) in [6, 6.07) is -0.613. The Morgan fingerprint density at radius 2 is 2.16 bits per heavy atom. The minimum Gasteiger partial charge on any atom is -0.349 e. The maximum Gasteiger partial charge on any atom is 0.264 e. The highest BCUT2D eigenvalue weighted by Gasteiger charge is 2.24. The van der Waals surface area contributed by atoms with Gasteiger partial charge in [0, 0.05) is 22.4 Å². The van der Waals surface area contributed by atoms with Gasteiger partial charge < -0.3 is 5.32 Å². The van der Waals surface area contributed by atoms with Gasteiger partial charge in [0.1, 0.15) is 10.9 Å². The molecule has 1 aromatic heterocycles. The molecule has 0 saturated heterocycles. The number of carbonyl (C=O) groups is 1. The van der Waals surface area contributed by atoms with Crippen LogP contribution in [0.25, 0.3) is 0 Å². The summed E-state index contributed by atoms with van der Waals surface area (Å²) < 4.78 is 23.5. The van der Waals surface area contributed by atoms with Gasteiger partial charge in [-0.2, -0.15) is 5.10 Å². The highest BCUT2D eigenvalue weighted by molar-refractivity contribution is 8.13. The Balaban J connectivity index is 2.87. The maximum absolute atomic E-state index is 12.0. The Hall–Kier alpha value is -1.08. The Morgan fingerprint density at radius 3 is 2.58 bits per heavy atom. The summed E-state index contributed by atoms with van der Waals surface area (Å²) in [7, 11) is 1.38. The fraction of sp³-hybridized carbons (Fsp3) is 0.636. The van der Waals surface area contributed by atoms with Crippen LogP contribution in [0.15, 0.2) is 17.3 Å². The molecule has 1 heterocycles. The number of aromatic nitrogens is 2. The van der Waals surface area contributed by atoms with Crippen LogP contribution >= 0.6 is 10.7 Å². The number of hydrogen-bond donors (Lipinski definition) is 1. The molecule has 1 amide bonds. The van der Waals surface area contributed by atoms with Gasteiger partial charge >= 0.3 is 0 Å². The van der Waals surface area contributed by atoms with E-state index in [-0.39, 0.29) is 16.3 Å². The highest BCUT2D eigenvalue weighted by Crippen LogP contribution is 2.16. The van der Waals surface area contributed by atoms with Gasteiger partial charge in [-0.05, 0) is 27.2 Å². The molecule has 0 bridgehead atoms. The lowest BCUT2D eigenvalue weighted by Crippen LogP contribution is -2.45. The molecule has 1 rings (SSSR count). The number of carbonyl (C=O) groups excluding carboxylic acids is 1. The van der Waals surface area contributed by atoms with E-state index in [2.05, 4.69) is 10.4 Å². The van der Waals surface area contributed by atoms with Gasteiger partial charge in [-0.1, -0.05) is 6.92 Å². The number of nitrogens with zero attached hydrogens (tertiary/aromatic N) is 2. The molecule has 0 radical (unpaired) electrons. The van der Waals surface area contributed by atoms with Gasteiger partial charge in [-0.25, -0.2) is 8.42 Å². The molecule has 1 aromatic rings. The van der Waals surface area contributed by atoms with Crippen LogP contribution in [0.4, 0.5) is 0 Å². The van der Waals surface area contributed by atoms with Crippen molar-refractivity contribution in [3.8, 4) is 0 Å². The van der Waals surface area contributed by atoms with Crippen molar-refractivity contribution in [2.75, 3.05) is 0 Å². The van der Waals surface area contributed by atoms with Crippen LogP contribution in [-0.4, -0.2) is 29.6 Å². The van der Waals surface area contributed by atoms with E-state index in [1.54, 1.807) is 6.92 Å². The Morgan fingerprint density at radius 1 is 1.58 bits per heavy atom. The quantitative estimate of drug-likeness (QED) is 0.839. The molecule has 1 unspecified atom stereocenters. The van der Waals surface area contributed by atoms with Gasteiger partial charge in [0.15, 0.2) is 0 Å². The van der Waals surface area contributed by atoms with Crippen LogP contribution in [0.2, 0.25) is 0 Å². The van der Waals surface area contributed by atoms with Gasteiger partial charge in [0.25, 0.3) is 9.05 Å². The molecule has 19 heavy (non-hydrogen) atoms. The van der Waals surface area contributed by atoms with Crippen molar-refractivity contribution >= 4 is 25.6 Å². The molecule has 0 aromatic carbocycles. The number of hydrogen-bond acceptors (Lipinski definition) is 4. The van der Waals surface area contributed by atoms with Gasteiger partial charge in [-0.3, -0.25) is 9.48 Å². The first-order valence-corrected chi connectivity index (χ1v) is 8.18. The summed E-state index contributed by atoms with van der Waals surface area (Å²) in [6.07, 6.45) is 3.15. The minimum atomic E-state index is -3.82. The van der Waals surface area contributed by atoms with E-state index in [4.69, 9.17) is 10.7 Å². The lowest BCUT2D eigenvalue weighted by molar-refractivity contribution is -0.125. The first-order chi connectivity index (χ1) is 8.57. The lowest BCUT2D eigenvalue weighted by Gasteiger charge is -2.26. The summed E-state index contributed by atoms with van der Waals surface area (Å²) in [6.45, 7) is 7.43. The minimum absolute atomic E-state index is 0.122. The SMILES string of the molecule is CCC(C)(C)NC(=O)C(C)n1cc(S(=O)(=O)Cl)cn1. The second-order valence-corrected chi connectivity index (χ2v) is 7.56. The van der Waals surface area contributed by atoms with Crippen LogP contribution in [-0.2, 0) is 13.8 Å². The van der Waals surface area contributed by atoms with Crippen molar-refractivity contribution in [3.63, 3.8) is 0 Å². The van der Waals surface area contributed by atoms with E-state index in [9.17, 15) is 13.2 Å². The van der Waals surface area contributed by atoms with E-state index < -0.39 is 15.1 Å². The molecule has 0 aliphatic rings. The van der Waals surface area contributed by atoms with Crippen molar-refractivity contribution in [2.24, 2.45) is 0 Å². The number of nitrogens with one attached hydrogen (secondary N) is 1. The third-order valence-corrected chi connectivity index (χ3v) is 4.29. The molecular weight excluding hydrogens is 290 g/mol. The molecule has 0 fully saturated rings. The zero-order valence-corrected chi connectivity index (χ0v) is 12.9. The average molecular weight is 308 g/mol. The molecule has 0 aliphatic heterocycles. The zero-order chi connectivity index (χ0) is 14.8. The van der Waals surface area contributed by atoms with Crippen molar-refractivity contribution in [1.82, 2.24) is 15.1 Å². The predicted molar refractivity (Wildman–Crippen MR) is 72.5 cm³/mol. The predicted octanol–water partition coefficient (Wildman–Crippen LogP) is 1.68. The van der Waals surface area contributed by atoms with E-state index in [1.165, 1.54) is 10.9 Å². The number of rotatable bonds is 5. The van der Waals surface area contributed by atoms with Crippen molar-refractivity contribution < 1.29 is 13.2 Å². The summed E-state index contributed by atoms with van der Waals surface area (Å²) in [5.74, 6) is -0.228. The zero-order valence-electron chi connectivity index (χ0n) is 11.3. The smallest absolute Gasteiger partial charge is 0.264 e. The molecule has 8 heteroatoms. The fourth-order valence-corrected chi connectivity index (χ4v) is 1.95. The lowest BCUT2D eigenvalue weighted by atomic mass is 10.0. The van der Waals surface area contributed by atoms with Crippen molar-refractivity contribution in [1.29, 1.82) is 0 Å². The maximum atomic E-state index is 12.0. The second-order valence-electron chi connectivity index (χ2n) is 5.00. The number of amides is 1. The van der Waals surface area contributed by atoms with Crippen LogP contribution < -0.4 is 5.32 Å². The summed E-state index contributed by atoms with van der Waals surface area (Å²) in [4.78, 5) is 11.9. The molecule has 0 saturated carbocycles. The van der Waals surface area contributed by atoms with Gasteiger partial charge in [0.2, 0.25) is 5.91 Å². The molecule has 1 N–H and O–H groups in total. The molecule has 108 valence electrons. The largest absolute Gasteiger partial charge is 0.349 e. The second kappa shape index (κ2) is 5.50. The fourth-order valence-electron chi connectivity index (χ4n) is 1.30. The average Bonchev–Trinajstić information content (AvgIpc) is 2.76. The van der Waals surface area contributed by atoms with Crippen LogP contribution in [0, 0.1) is 0 Å². The van der Waals surface area contributed by atoms with Gasteiger partial charge in [0.05, 0.1) is 6.20 Å². The van der Waals surface area contributed by atoms with Crippen LogP contribution in [0.3, 0.4) is 0 Å². The molecular formula is C11H18ClN3O3S. The summed E-state index contributed by atoms with van der Waals surface area (Å²) in [5, 5.41) is 6.72. The van der Waals surface area contributed by atoms with Crippen LogP contribution in [0.1, 0.15) is 40.2 Å².